The Hall–Kier alpha value is -2.54. The Morgan fingerprint density at radius 3 is 2.72 bits per heavy atom. The maximum atomic E-state index is 12.9. The first-order chi connectivity index (χ1) is 15.4. The number of carbonyl (C=O) groups is 3. The fraction of sp³-hybridized carbons (Fsp3) is 0.542. The van der Waals surface area contributed by atoms with E-state index in [1.54, 1.807) is 6.07 Å². The second-order valence-electron chi connectivity index (χ2n) is 8.96. The molecule has 172 valence electrons. The Morgan fingerprint density at radius 1 is 1.22 bits per heavy atom. The van der Waals surface area contributed by atoms with E-state index in [9.17, 15) is 14.4 Å². The first kappa shape index (κ1) is 22.6. The Labute approximate surface area is 193 Å². The average Bonchev–Trinajstić information content (AvgIpc) is 3.41. The summed E-state index contributed by atoms with van der Waals surface area (Å²) in [5.74, 6) is 0.457. The highest BCUT2D eigenvalue weighted by molar-refractivity contribution is 6.31. The number of likely N-dealkylation sites (tertiary alicyclic amines) is 2. The number of nitrogens with zero attached hydrogens (tertiary/aromatic N) is 2. The number of benzene rings is 1. The number of halogens is 1. The molecular weight excluding hydrogens is 428 g/mol. The van der Waals surface area contributed by atoms with Crippen molar-refractivity contribution in [1.29, 1.82) is 0 Å². The molecule has 0 unspecified atom stereocenters. The normalized spacial score (nSPS) is 18.4. The van der Waals surface area contributed by atoms with Gasteiger partial charge in [-0.1, -0.05) is 18.5 Å². The van der Waals surface area contributed by atoms with Gasteiger partial charge in [0, 0.05) is 61.0 Å². The molecule has 2 N–H and O–H groups in total. The summed E-state index contributed by atoms with van der Waals surface area (Å²) in [6.07, 6.45) is 4.01. The summed E-state index contributed by atoms with van der Waals surface area (Å²) >= 11 is 6.05. The lowest BCUT2D eigenvalue weighted by Gasteiger charge is -2.34. The summed E-state index contributed by atoms with van der Waals surface area (Å²) in [5, 5.41) is 4.60. The smallest absolute Gasteiger partial charge is 0.270 e. The molecule has 2 aliphatic heterocycles. The summed E-state index contributed by atoms with van der Waals surface area (Å²) in [6.45, 7) is 5.42. The van der Waals surface area contributed by atoms with E-state index >= 15 is 0 Å². The molecule has 1 atom stereocenters. The maximum Gasteiger partial charge on any atom is 0.270 e. The quantitative estimate of drug-likeness (QED) is 0.623. The molecule has 2 aliphatic rings. The van der Waals surface area contributed by atoms with Crippen LogP contribution in [0.1, 0.15) is 49.5 Å². The first-order valence-corrected chi connectivity index (χ1v) is 11.9. The van der Waals surface area contributed by atoms with Gasteiger partial charge in [0.05, 0.1) is 0 Å². The van der Waals surface area contributed by atoms with Crippen LogP contribution < -0.4 is 5.32 Å². The number of fused-ring (bicyclic) bond motifs is 1. The van der Waals surface area contributed by atoms with E-state index < -0.39 is 0 Å². The van der Waals surface area contributed by atoms with Crippen LogP contribution >= 0.6 is 11.6 Å². The lowest BCUT2D eigenvalue weighted by atomic mass is 9.84. The SMILES string of the molecule is C[C@H](C(=O)NCCCN1CCCC1=O)C1CCN(C(=O)c2cc3cc(Cl)ccc3[nH]2)CC1. The van der Waals surface area contributed by atoms with Crippen LogP contribution in [-0.2, 0) is 9.59 Å². The third kappa shape index (κ3) is 5.09. The Bertz CT molecular complexity index is 996. The topological polar surface area (TPSA) is 85.5 Å². The number of carbonyl (C=O) groups excluding carboxylic acids is 3. The molecule has 0 radical (unpaired) electrons. The predicted molar refractivity (Wildman–Crippen MR) is 125 cm³/mol. The lowest BCUT2D eigenvalue weighted by molar-refractivity contribution is -0.127. The highest BCUT2D eigenvalue weighted by atomic mass is 35.5. The van der Waals surface area contributed by atoms with Crippen LogP contribution in [0.3, 0.4) is 0 Å². The second kappa shape index (κ2) is 9.94. The van der Waals surface area contributed by atoms with E-state index in [-0.39, 0.29) is 29.6 Å². The van der Waals surface area contributed by atoms with Gasteiger partial charge in [0.1, 0.15) is 5.69 Å². The van der Waals surface area contributed by atoms with Crippen LogP contribution in [0.2, 0.25) is 5.02 Å². The maximum absolute atomic E-state index is 12.9. The molecule has 3 heterocycles. The second-order valence-corrected chi connectivity index (χ2v) is 9.40. The Balaban J connectivity index is 1.22. The van der Waals surface area contributed by atoms with Gasteiger partial charge in [-0.15, -0.1) is 0 Å². The zero-order valence-corrected chi connectivity index (χ0v) is 19.3. The number of rotatable bonds is 7. The standard InChI is InChI=1S/C24H31ClN4O3/c1-16(23(31)26-9-3-11-28-10-2-4-22(28)30)17-7-12-29(13-8-17)24(32)21-15-18-14-19(25)5-6-20(18)27-21/h5-6,14-17,27H,2-4,7-13H2,1H3,(H,26,31)/t16-/m0/s1. The van der Waals surface area contributed by atoms with Gasteiger partial charge < -0.3 is 20.1 Å². The molecule has 2 aromatic rings. The molecule has 32 heavy (non-hydrogen) atoms. The van der Waals surface area contributed by atoms with Gasteiger partial charge in [0.2, 0.25) is 11.8 Å². The molecular formula is C24H31ClN4O3. The molecule has 0 bridgehead atoms. The predicted octanol–water partition coefficient (Wildman–Crippen LogP) is 3.44. The minimum atomic E-state index is -0.0871. The van der Waals surface area contributed by atoms with Crippen molar-refractivity contribution in [2.24, 2.45) is 11.8 Å². The number of nitrogens with one attached hydrogen (secondary N) is 2. The third-order valence-electron chi connectivity index (χ3n) is 6.84. The van der Waals surface area contributed by atoms with Crippen molar-refractivity contribution in [3.8, 4) is 0 Å². The van der Waals surface area contributed by atoms with Gasteiger partial charge in [-0.2, -0.15) is 0 Å². The molecule has 8 heteroatoms. The van der Waals surface area contributed by atoms with Crippen LogP contribution in [0.4, 0.5) is 0 Å². The third-order valence-corrected chi connectivity index (χ3v) is 7.07. The monoisotopic (exact) mass is 458 g/mol. The molecule has 0 aliphatic carbocycles. The highest BCUT2D eigenvalue weighted by Crippen LogP contribution is 2.27. The Kier molecular flexibility index (Phi) is 7.04. The van der Waals surface area contributed by atoms with E-state index in [4.69, 9.17) is 11.6 Å². The Morgan fingerprint density at radius 2 is 2.00 bits per heavy atom. The minimum Gasteiger partial charge on any atom is -0.356 e. The lowest BCUT2D eigenvalue weighted by Crippen LogP contribution is -2.43. The van der Waals surface area contributed by atoms with Crippen LogP contribution in [0.25, 0.3) is 10.9 Å². The number of amides is 3. The fourth-order valence-electron chi connectivity index (χ4n) is 4.79. The number of hydrogen-bond acceptors (Lipinski definition) is 3. The van der Waals surface area contributed by atoms with Gasteiger partial charge in [0.25, 0.3) is 5.91 Å². The molecule has 2 fully saturated rings. The average molecular weight is 459 g/mol. The van der Waals surface area contributed by atoms with Crippen molar-refractivity contribution in [3.63, 3.8) is 0 Å². The zero-order valence-electron chi connectivity index (χ0n) is 18.5. The summed E-state index contributed by atoms with van der Waals surface area (Å²) in [6, 6.07) is 7.38. The highest BCUT2D eigenvalue weighted by Gasteiger charge is 2.30. The van der Waals surface area contributed by atoms with Gasteiger partial charge in [-0.25, -0.2) is 0 Å². The van der Waals surface area contributed by atoms with Crippen LogP contribution in [0, 0.1) is 11.8 Å². The first-order valence-electron chi connectivity index (χ1n) is 11.6. The summed E-state index contributed by atoms with van der Waals surface area (Å²) in [5.41, 5.74) is 1.47. The van der Waals surface area contributed by atoms with Gasteiger partial charge >= 0.3 is 0 Å². The van der Waals surface area contributed by atoms with Crippen molar-refractivity contribution in [3.05, 3.63) is 35.0 Å². The van der Waals surface area contributed by atoms with Gasteiger partial charge in [-0.05, 0) is 55.9 Å². The van der Waals surface area contributed by atoms with Crippen molar-refractivity contribution < 1.29 is 14.4 Å². The number of aromatic amines is 1. The van der Waals surface area contributed by atoms with E-state index in [0.717, 1.165) is 43.1 Å². The van der Waals surface area contributed by atoms with Crippen molar-refractivity contribution in [2.45, 2.75) is 39.0 Å². The van der Waals surface area contributed by atoms with Crippen LogP contribution in [-0.4, -0.2) is 65.2 Å². The van der Waals surface area contributed by atoms with E-state index in [1.165, 1.54) is 0 Å². The number of aromatic nitrogens is 1. The van der Waals surface area contributed by atoms with Crippen LogP contribution in [0.15, 0.2) is 24.3 Å². The molecule has 1 aromatic heterocycles. The summed E-state index contributed by atoms with van der Waals surface area (Å²) in [4.78, 5) is 44.1. The fourth-order valence-corrected chi connectivity index (χ4v) is 4.97. The largest absolute Gasteiger partial charge is 0.356 e. The number of hydrogen-bond donors (Lipinski definition) is 2. The molecule has 0 spiro atoms. The molecule has 7 nitrogen and oxygen atoms in total. The number of H-pyrrole nitrogens is 1. The van der Waals surface area contributed by atoms with Gasteiger partial charge in [0.15, 0.2) is 0 Å². The number of piperidine rings is 1. The molecule has 3 amide bonds. The molecule has 4 rings (SSSR count). The molecule has 0 saturated carbocycles. The van der Waals surface area contributed by atoms with Crippen molar-refractivity contribution >= 4 is 40.2 Å². The van der Waals surface area contributed by atoms with E-state index in [2.05, 4.69) is 10.3 Å². The minimum absolute atomic E-state index is 0.00987. The summed E-state index contributed by atoms with van der Waals surface area (Å²) < 4.78 is 0. The zero-order chi connectivity index (χ0) is 22.7. The molecule has 1 aromatic carbocycles. The summed E-state index contributed by atoms with van der Waals surface area (Å²) in [7, 11) is 0. The molecule has 2 saturated heterocycles. The van der Waals surface area contributed by atoms with E-state index in [1.807, 2.05) is 34.9 Å². The van der Waals surface area contributed by atoms with Crippen LogP contribution in [0.5, 0.6) is 0 Å². The van der Waals surface area contributed by atoms with Crippen molar-refractivity contribution in [2.75, 3.05) is 32.7 Å². The van der Waals surface area contributed by atoms with Gasteiger partial charge in [-0.3, -0.25) is 14.4 Å². The van der Waals surface area contributed by atoms with E-state index in [0.29, 0.717) is 43.3 Å². The van der Waals surface area contributed by atoms with Crippen molar-refractivity contribution in [1.82, 2.24) is 20.1 Å².